The van der Waals surface area contributed by atoms with Crippen LogP contribution in [0.4, 0.5) is 5.69 Å². The van der Waals surface area contributed by atoms with E-state index in [1.165, 1.54) is 0 Å². The molecule has 1 N–H and O–H groups in total. The average Bonchev–Trinajstić information content (AvgIpc) is 2.60. The number of nitrogens with zero attached hydrogens (tertiary/aromatic N) is 1. The summed E-state index contributed by atoms with van der Waals surface area (Å²) in [5.74, 6) is -0.385. The van der Waals surface area contributed by atoms with Gasteiger partial charge in [0.15, 0.2) is 0 Å². The van der Waals surface area contributed by atoms with Gasteiger partial charge < -0.3 is 14.8 Å². The van der Waals surface area contributed by atoms with Gasteiger partial charge in [-0.05, 0) is 30.7 Å². The van der Waals surface area contributed by atoms with E-state index in [0.29, 0.717) is 37.6 Å². The van der Waals surface area contributed by atoms with Crippen LogP contribution in [0.1, 0.15) is 36.5 Å². The number of hydrogen-bond donors (Lipinski definition) is 1. The van der Waals surface area contributed by atoms with Crippen LogP contribution in [0, 0.1) is 0 Å². The van der Waals surface area contributed by atoms with Gasteiger partial charge in [0.05, 0.1) is 31.9 Å². The number of rotatable bonds is 8. The lowest BCUT2D eigenvalue weighted by molar-refractivity contribution is -0.118. The zero-order valence-electron chi connectivity index (χ0n) is 14.3. The molecule has 1 heterocycles. The number of ether oxygens (including phenoxy) is 2. The maximum atomic E-state index is 12.0. The molecule has 2 rings (SSSR count). The number of nitrogens with one attached hydrogen (secondary N) is 1. The smallest absolute Gasteiger partial charge is 0.338 e. The number of amides is 1. The van der Waals surface area contributed by atoms with Crippen LogP contribution in [0.15, 0.2) is 24.3 Å². The zero-order valence-corrected chi connectivity index (χ0v) is 14.3. The van der Waals surface area contributed by atoms with E-state index in [4.69, 9.17) is 9.47 Å². The van der Waals surface area contributed by atoms with Crippen molar-refractivity contribution >= 4 is 17.6 Å². The minimum atomic E-state index is -0.322. The molecular formula is C18H26N2O4. The zero-order chi connectivity index (χ0) is 17.2. The fourth-order valence-electron chi connectivity index (χ4n) is 2.45. The lowest BCUT2D eigenvalue weighted by Crippen LogP contribution is -2.41. The average molecular weight is 334 g/mol. The number of esters is 1. The molecule has 0 bridgehead atoms. The predicted molar refractivity (Wildman–Crippen MR) is 92.1 cm³/mol. The molecule has 6 heteroatoms. The molecule has 0 spiro atoms. The van der Waals surface area contributed by atoms with Crippen LogP contribution in [0.5, 0.6) is 0 Å². The third-order valence-electron chi connectivity index (χ3n) is 3.86. The Kier molecular flexibility index (Phi) is 7.71. The maximum Gasteiger partial charge on any atom is 0.338 e. The fourth-order valence-corrected chi connectivity index (χ4v) is 2.45. The second-order valence-electron chi connectivity index (χ2n) is 5.86. The highest BCUT2D eigenvalue weighted by Crippen LogP contribution is 2.11. The molecular weight excluding hydrogens is 308 g/mol. The molecule has 132 valence electrons. The highest BCUT2D eigenvalue weighted by atomic mass is 16.5. The summed E-state index contributed by atoms with van der Waals surface area (Å²) in [6.07, 6.45) is 3.04. The van der Waals surface area contributed by atoms with Gasteiger partial charge in [0, 0.05) is 18.8 Å². The first-order valence-corrected chi connectivity index (χ1v) is 8.56. The molecule has 1 aliphatic heterocycles. The van der Waals surface area contributed by atoms with E-state index in [1.807, 2.05) is 0 Å². The van der Waals surface area contributed by atoms with Crippen molar-refractivity contribution in [2.24, 2.45) is 0 Å². The summed E-state index contributed by atoms with van der Waals surface area (Å²) in [5.41, 5.74) is 1.17. The fraction of sp³-hybridized carbons (Fsp3) is 0.556. The molecule has 1 aromatic carbocycles. The second kappa shape index (κ2) is 10.1. The van der Waals surface area contributed by atoms with E-state index < -0.39 is 0 Å². The van der Waals surface area contributed by atoms with Gasteiger partial charge >= 0.3 is 5.97 Å². The number of carbonyl (C=O) groups is 2. The van der Waals surface area contributed by atoms with Crippen molar-refractivity contribution in [3.8, 4) is 0 Å². The van der Waals surface area contributed by atoms with E-state index in [-0.39, 0.29) is 11.9 Å². The Morgan fingerprint density at radius 1 is 1.17 bits per heavy atom. The van der Waals surface area contributed by atoms with Crippen LogP contribution in [-0.4, -0.2) is 56.2 Å². The summed E-state index contributed by atoms with van der Waals surface area (Å²) in [6, 6.07) is 6.79. The molecule has 1 saturated heterocycles. The minimum absolute atomic E-state index is 0.0632. The first-order chi connectivity index (χ1) is 11.7. The number of hydrogen-bond acceptors (Lipinski definition) is 5. The quantitative estimate of drug-likeness (QED) is 0.584. The van der Waals surface area contributed by atoms with Gasteiger partial charge in [0.1, 0.15) is 0 Å². The summed E-state index contributed by atoms with van der Waals surface area (Å²) in [6.45, 7) is 5.79. The number of unbranched alkanes of at least 4 members (excludes halogenated alkanes) is 2. The third-order valence-corrected chi connectivity index (χ3v) is 3.86. The van der Waals surface area contributed by atoms with Crippen molar-refractivity contribution in [3.63, 3.8) is 0 Å². The third kappa shape index (κ3) is 6.29. The van der Waals surface area contributed by atoms with Crippen molar-refractivity contribution < 1.29 is 19.1 Å². The molecule has 0 unspecified atom stereocenters. The molecule has 1 fully saturated rings. The Balaban J connectivity index is 1.76. The first-order valence-electron chi connectivity index (χ1n) is 8.56. The standard InChI is InChI=1S/C18H26N2O4/c1-2-3-4-11-24-18(22)15-5-7-16(8-6-15)19-17(21)14-20-9-12-23-13-10-20/h5-8H,2-4,9-14H2,1H3,(H,19,21). The van der Waals surface area contributed by atoms with Gasteiger partial charge in [-0.1, -0.05) is 19.8 Å². The normalized spacial score (nSPS) is 15.0. The summed E-state index contributed by atoms with van der Waals surface area (Å²) >= 11 is 0. The number of anilines is 1. The number of carbonyl (C=O) groups excluding carboxylic acids is 2. The Labute approximate surface area is 143 Å². The van der Waals surface area contributed by atoms with Crippen LogP contribution in [0.2, 0.25) is 0 Å². The highest BCUT2D eigenvalue weighted by Gasteiger charge is 2.14. The van der Waals surface area contributed by atoms with Crippen LogP contribution >= 0.6 is 0 Å². The van der Waals surface area contributed by atoms with Crippen LogP contribution < -0.4 is 5.32 Å². The lowest BCUT2D eigenvalue weighted by atomic mass is 10.2. The van der Waals surface area contributed by atoms with E-state index in [9.17, 15) is 9.59 Å². The van der Waals surface area contributed by atoms with Gasteiger partial charge in [-0.15, -0.1) is 0 Å². The SMILES string of the molecule is CCCCCOC(=O)c1ccc(NC(=O)CN2CCOCC2)cc1. The molecule has 0 aliphatic carbocycles. The Bertz CT molecular complexity index is 524. The van der Waals surface area contributed by atoms with Crippen molar-refractivity contribution in [3.05, 3.63) is 29.8 Å². The highest BCUT2D eigenvalue weighted by molar-refractivity contribution is 5.94. The van der Waals surface area contributed by atoms with Crippen molar-refractivity contribution in [2.45, 2.75) is 26.2 Å². The molecule has 0 radical (unpaired) electrons. The van der Waals surface area contributed by atoms with Crippen LogP contribution in [0.3, 0.4) is 0 Å². The summed E-state index contributed by atoms with van der Waals surface area (Å²) < 4.78 is 10.5. The van der Waals surface area contributed by atoms with Gasteiger partial charge in [-0.3, -0.25) is 9.69 Å². The molecule has 0 atom stereocenters. The number of morpholine rings is 1. The van der Waals surface area contributed by atoms with Gasteiger partial charge in [-0.25, -0.2) is 4.79 Å². The minimum Gasteiger partial charge on any atom is -0.462 e. The first kappa shape index (κ1) is 18.4. The molecule has 0 saturated carbocycles. The van der Waals surface area contributed by atoms with Crippen molar-refractivity contribution in [2.75, 3.05) is 44.8 Å². The monoisotopic (exact) mass is 334 g/mol. The summed E-state index contributed by atoms with van der Waals surface area (Å²) in [4.78, 5) is 25.9. The molecule has 6 nitrogen and oxygen atoms in total. The molecule has 24 heavy (non-hydrogen) atoms. The maximum absolute atomic E-state index is 12.0. The largest absolute Gasteiger partial charge is 0.462 e. The van der Waals surface area contributed by atoms with E-state index in [1.54, 1.807) is 24.3 Å². The van der Waals surface area contributed by atoms with E-state index in [2.05, 4.69) is 17.1 Å². The molecule has 1 amide bonds. The molecule has 1 aromatic rings. The summed E-state index contributed by atoms with van der Waals surface area (Å²) in [7, 11) is 0. The van der Waals surface area contributed by atoms with Gasteiger partial charge in [-0.2, -0.15) is 0 Å². The Hall–Kier alpha value is -1.92. The van der Waals surface area contributed by atoms with Crippen LogP contribution in [-0.2, 0) is 14.3 Å². The summed E-state index contributed by atoms with van der Waals surface area (Å²) in [5, 5.41) is 2.84. The van der Waals surface area contributed by atoms with E-state index in [0.717, 1.165) is 32.4 Å². The van der Waals surface area contributed by atoms with E-state index >= 15 is 0 Å². The predicted octanol–water partition coefficient (Wildman–Crippen LogP) is 2.30. The lowest BCUT2D eigenvalue weighted by Gasteiger charge is -2.25. The van der Waals surface area contributed by atoms with Crippen LogP contribution in [0.25, 0.3) is 0 Å². The second-order valence-corrected chi connectivity index (χ2v) is 5.86. The van der Waals surface area contributed by atoms with Gasteiger partial charge in [0.25, 0.3) is 0 Å². The van der Waals surface area contributed by atoms with Crippen molar-refractivity contribution in [1.82, 2.24) is 4.90 Å². The Morgan fingerprint density at radius 3 is 2.54 bits per heavy atom. The molecule has 1 aliphatic rings. The molecule has 0 aromatic heterocycles. The number of benzene rings is 1. The van der Waals surface area contributed by atoms with Crippen molar-refractivity contribution in [1.29, 1.82) is 0 Å². The Morgan fingerprint density at radius 2 is 1.88 bits per heavy atom. The topological polar surface area (TPSA) is 67.9 Å². The van der Waals surface area contributed by atoms with Gasteiger partial charge in [0.2, 0.25) is 5.91 Å².